The highest BCUT2D eigenvalue weighted by Crippen LogP contribution is 2.32. The molecule has 31 heavy (non-hydrogen) atoms. The fraction of sp³-hybridized carbons (Fsp3) is 0.136. The third-order valence-electron chi connectivity index (χ3n) is 4.76. The Morgan fingerprint density at radius 1 is 1.16 bits per heavy atom. The fourth-order valence-electron chi connectivity index (χ4n) is 3.09. The lowest BCUT2D eigenvalue weighted by molar-refractivity contribution is -0.113. The van der Waals surface area contributed by atoms with Crippen LogP contribution >= 0.6 is 34.7 Å². The van der Waals surface area contributed by atoms with Gasteiger partial charge in [-0.1, -0.05) is 53.7 Å². The summed E-state index contributed by atoms with van der Waals surface area (Å²) in [5.74, 6) is -0.0913. The Morgan fingerprint density at radius 3 is 2.58 bits per heavy atom. The van der Waals surface area contributed by atoms with Crippen molar-refractivity contribution in [2.24, 2.45) is 7.05 Å². The van der Waals surface area contributed by atoms with Gasteiger partial charge in [0.05, 0.1) is 22.0 Å². The maximum Gasteiger partial charge on any atom is 0.295 e. The summed E-state index contributed by atoms with van der Waals surface area (Å²) in [6.07, 6.45) is 1.79. The van der Waals surface area contributed by atoms with Crippen LogP contribution in [0.15, 0.2) is 69.9 Å². The molecule has 4 rings (SSSR count). The van der Waals surface area contributed by atoms with Crippen molar-refractivity contribution >= 4 is 46.3 Å². The van der Waals surface area contributed by atoms with Crippen LogP contribution in [-0.2, 0) is 11.8 Å². The topological polar surface area (TPSA) is 68.9 Å². The summed E-state index contributed by atoms with van der Waals surface area (Å²) < 4.78 is 4.06. The van der Waals surface area contributed by atoms with Crippen LogP contribution in [0, 0.1) is 6.92 Å². The first-order chi connectivity index (χ1) is 14.9. The van der Waals surface area contributed by atoms with Gasteiger partial charge >= 0.3 is 0 Å². The number of hydrogen-bond acceptors (Lipinski definition) is 5. The molecule has 0 radical (unpaired) electrons. The van der Waals surface area contributed by atoms with E-state index in [-0.39, 0.29) is 22.9 Å². The van der Waals surface area contributed by atoms with Gasteiger partial charge in [-0.2, -0.15) is 0 Å². The van der Waals surface area contributed by atoms with Crippen LogP contribution in [0.5, 0.6) is 0 Å². The molecule has 158 valence electrons. The van der Waals surface area contributed by atoms with E-state index in [1.165, 1.54) is 27.8 Å². The average Bonchev–Trinajstić information content (AvgIpc) is 3.33. The lowest BCUT2D eigenvalue weighted by Gasteiger charge is -2.07. The molecule has 0 unspecified atom stereocenters. The molecule has 0 saturated carbocycles. The van der Waals surface area contributed by atoms with Crippen molar-refractivity contribution in [2.45, 2.75) is 11.3 Å². The van der Waals surface area contributed by atoms with Crippen LogP contribution in [0.3, 0.4) is 0 Å². The Bertz CT molecular complexity index is 1280. The van der Waals surface area contributed by atoms with Crippen molar-refractivity contribution in [2.75, 3.05) is 11.1 Å². The second-order valence-electron chi connectivity index (χ2n) is 6.77. The number of rotatable bonds is 6. The van der Waals surface area contributed by atoms with E-state index < -0.39 is 0 Å². The van der Waals surface area contributed by atoms with Gasteiger partial charge in [-0.05, 0) is 36.8 Å². The predicted octanol–water partition coefficient (Wildman–Crippen LogP) is 4.99. The number of thioether (sulfide) groups is 1. The van der Waals surface area contributed by atoms with Gasteiger partial charge in [0.2, 0.25) is 5.91 Å². The number of halogens is 1. The molecule has 0 aliphatic carbocycles. The summed E-state index contributed by atoms with van der Waals surface area (Å²) in [4.78, 5) is 30.8. The van der Waals surface area contributed by atoms with Gasteiger partial charge in [-0.15, -0.1) is 11.3 Å². The molecule has 0 saturated heterocycles. The molecule has 2 heterocycles. The Hall–Kier alpha value is -2.81. The quantitative estimate of drug-likeness (QED) is 0.403. The Kier molecular flexibility index (Phi) is 6.31. The average molecular weight is 471 g/mol. The van der Waals surface area contributed by atoms with Gasteiger partial charge < -0.3 is 5.32 Å². The predicted molar refractivity (Wildman–Crippen MR) is 128 cm³/mol. The van der Waals surface area contributed by atoms with Crippen molar-refractivity contribution in [1.29, 1.82) is 0 Å². The smallest absolute Gasteiger partial charge is 0.295 e. The van der Waals surface area contributed by atoms with Crippen LogP contribution in [0.1, 0.15) is 5.69 Å². The SMILES string of the molecule is Cc1c(NC(=O)CSc2ncc(-c3ccc(Cl)cc3)s2)c(=O)n(-c2ccccc2)n1C. The van der Waals surface area contributed by atoms with E-state index in [1.807, 2.05) is 61.5 Å². The third-order valence-corrected chi connectivity index (χ3v) is 7.21. The van der Waals surface area contributed by atoms with Gasteiger partial charge in [0, 0.05) is 18.3 Å². The summed E-state index contributed by atoms with van der Waals surface area (Å²) >= 11 is 8.79. The summed E-state index contributed by atoms with van der Waals surface area (Å²) in [7, 11) is 1.79. The molecule has 1 amide bonds. The fourth-order valence-corrected chi connectivity index (χ4v) is 5.00. The molecule has 2 aromatic heterocycles. The molecule has 9 heteroatoms. The zero-order chi connectivity index (χ0) is 22.0. The number of thiazole rings is 1. The number of anilines is 1. The minimum Gasteiger partial charge on any atom is -0.319 e. The lowest BCUT2D eigenvalue weighted by Crippen LogP contribution is -2.23. The molecule has 0 fully saturated rings. The molecule has 2 aromatic carbocycles. The highest BCUT2D eigenvalue weighted by molar-refractivity contribution is 8.01. The second-order valence-corrected chi connectivity index (χ2v) is 9.46. The van der Waals surface area contributed by atoms with E-state index in [2.05, 4.69) is 10.3 Å². The lowest BCUT2D eigenvalue weighted by atomic mass is 10.2. The monoisotopic (exact) mass is 470 g/mol. The highest BCUT2D eigenvalue weighted by Gasteiger charge is 2.18. The van der Waals surface area contributed by atoms with Crippen LogP contribution in [0.25, 0.3) is 16.1 Å². The van der Waals surface area contributed by atoms with Gasteiger partial charge in [0.25, 0.3) is 5.56 Å². The van der Waals surface area contributed by atoms with Crippen molar-refractivity contribution in [3.8, 4) is 16.1 Å². The van der Waals surface area contributed by atoms with E-state index in [0.29, 0.717) is 10.7 Å². The molecule has 4 aromatic rings. The van der Waals surface area contributed by atoms with Crippen LogP contribution in [0.4, 0.5) is 5.69 Å². The summed E-state index contributed by atoms with van der Waals surface area (Å²) in [5.41, 5.74) is 2.48. The number of nitrogens with one attached hydrogen (secondary N) is 1. The second kappa shape index (κ2) is 9.13. The first-order valence-electron chi connectivity index (χ1n) is 9.42. The van der Waals surface area contributed by atoms with E-state index >= 15 is 0 Å². The number of hydrogen-bond donors (Lipinski definition) is 1. The van der Waals surface area contributed by atoms with Crippen LogP contribution in [0.2, 0.25) is 5.02 Å². The highest BCUT2D eigenvalue weighted by atomic mass is 35.5. The molecule has 0 bridgehead atoms. The number of benzene rings is 2. The summed E-state index contributed by atoms with van der Waals surface area (Å²) in [5, 5.41) is 3.46. The zero-order valence-corrected chi connectivity index (χ0v) is 19.2. The molecule has 0 aliphatic heterocycles. The van der Waals surface area contributed by atoms with Crippen molar-refractivity contribution in [1.82, 2.24) is 14.3 Å². The van der Waals surface area contributed by atoms with Gasteiger partial charge in [0.15, 0.2) is 4.34 Å². The zero-order valence-electron chi connectivity index (χ0n) is 16.8. The number of para-hydroxylation sites is 1. The van der Waals surface area contributed by atoms with E-state index in [9.17, 15) is 9.59 Å². The molecule has 0 spiro atoms. The largest absolute Gasteiger partial charge is 0.319 e. The number of carbonyl (C=O) groups is 1. The molecule has 0 atom stereocenters. The van der Waals surface area contributed by atoms with Crippen molar-refractivity contribution < 1.29 is 4.79 Å². The third kappa shape index (κ3) is 4.61. The van der Waals surface area contributed by atoms with Crippen LogP contribution in [-0.4, -0.2) is 26.0 Å². The maximum absolute atomic E-state index is 12.9. The molecule has 6 nitrogen and oxygen atoms in total. The Balaban J connectivity index is 1.44. The summed E-state index contributed by atoms with van der Waals surface area (Å²) in [6.45, 7) is 1.81. The first kappa shape index (κ1) is 21.4. The minimum absolute atomic E-state index is 0.159. The normalized spacial score (nSPS) is 10.9. The van der Waals surface area contributed by atoms with Crippen molar-refractivity contribution in [3.05, 3.63) is 81.9 Å². The minimum atomic E-state index is -0.260. The number of aromatic nitrogens is 3. The molecular formula is C22H19ClN4O2S2. The van der Waals surface area contributed by atoms with Gasteiger partial charge in [-0.25, -0.2) is 9.67 Å². The van der Waals surface area contributed by atoms with Gasteiger partial charge in [-0.3, -0.25) is 14.3 Å². The molecular weight excluding hydrogens is 452 g/mol. The molecule has 0 aliphatic rings. The van der Waals surface area contributed by atoms with Crippen molar-refractivity contribution in [3.63, 3.8) is 0 Å². The van der Waals surface area contributed by atoms with Gasteiger partial charge in [0.1, 0.15) is 5.69 Å². The Labute approximate surface area is 192 Å². The van der Waals surface area contributed by atoms with E-state index in [4.69, 9.17) is 11.6 Å². The number of amides is 1. The first-order valence-corrected chi connectivity index (χ1v) is 11.6. The molecule has 1 N–H and O–H groups in total. The van der Waals surface area contributed by atoms with Crippen LogP contribution < -0.4 is 10.9 Å². The number of nitrogens with zero attached hydrogens (tertiary/aromatic N) is 3. The Morgan fingerprint density at radius 2 is 1.87 bits per heavy atom. The standard InChI is InChI=1S/C22H19ClN4O2S2/c1-14-20(21(29)27(26(14)2)17-6-4-3-5-7-17)25-19(28)13-30-22-24-12-18(31-22)15-8-10-16(23)11-9-15/h3-12H,13H2,1-2H3,(H,25,28). The van der Waals surface area contributed by atoms with E-state index in [0.717, 1.165) is 20.5 Å². The number of carbonyl (C=O) groups excluding carboxylic acids is 1. The van der Waals surface area contributed by atoms with E-state index in [1.54, 1.807) is 17.9 Å². The maximum atomic E-state index is 12.9. The summed E-state index contributed by atoms with van der Waals surface area (Å²) in [6, 6.07) is 16.9.